The molecule has 1 heterocycles. The van der Waals surface area contributed by atoms with Gasteiger partial charge in [-0.15, -0.1) is 0 Å². The SMILES string of the molecule is Cc1ccc(CNN2CCOCC2)cc1[N+](=O)[O-]. The van der Waals surface area contributed by atoms with Crippen LogP contribution < -0.4 is 5.43 Å². The number of morpholine rings is 1. The molecular weight excluding hydrogens is 234 g/mol. The second-order valence-corrected chi connectivity index (χ2v) is 4.31. The first-order chi connectivity index (χ1) is 8.66. The lowest BCUT2D eigenvalue weighted by Gasteiger charge is -2.27. The highest BCUT2D eigenvalue weighted by molar-refractivity contribution is 5.42. The Hall–Kier alpha value is -1.50. The van der Waals surface area contributed by atoms with Gasteiger partial charge in [-0.05, 0) is 12.5 Å². The Labute approximate surface area is 106 Å². The minimum Gasteiger partial charge on any atom is -0.379 e. The Kier molecular flexibility index (Phi) is 4.24. The largest absolute Gasteiger partial charge is 0.379 e. The molecule has 1 saturated heterocycles. The Morgan fingerprint density at radius 3 is 2.83 bits per heavy atom. The lowest BCUT2D eigenvalue weighted by Crippen LogP contribution is -2.45. The van der Waals surface area contributed by atoms with Crippen molar-refractivity contribution in [3.05, 3.63) is 39.4 Å². The van der Waals surface area contributed by atoms with Gasteiger partial charge in [-0.25, -0.2) is 5.01 Å². The molecule has 0 radical (unpaired) electrons. The van der Waals surface area contributed by atoms with Crippen molar-refractivity contribution in [2.75, 3.05) is 26.3 Å². The predicted octanol–water partition coefficient (Wildman–Crippen LogP) is 1.24. The summed E-state index contributed by atoms with van der Waals surface area (Å²) in [6.07, 6.45) is 0. The van der Waals surface area contributed by atoms with Gasteiger partial charge in [0.05, 0.1) is 18.1 Å². The first kappa shape index (κ1) is 12.9. The van der Waals surface area contributed by atoms with Crippen molar-refractivity contribution in [2.45, 2.75) is 13.5 Å². The number of nitro groups is 1. The van der Waals surface area contributed by atoms with E-state index in [1.807, 2.05) is 6.07 Å². The van der Waals surface area contributed by atoms with Crippen LogP contribution >= 0.6 is 0 Å². The molecule has 1 N–H and O–H groups in total. The van der Waals surface area contributed by atoms with Crippen LogP contribution in [0.1, 0.15) is 11.1 Å². The van der Waals surface area contributed by atoms with Gasteiger partial charge in [-0.3, -0.25) is 15.5 Å². The van der Waals surface area contributed by atoms with Crippen molar-refractivity contribution in [3.8, 4) is 0 Å². The van der Waals surface area contributed by atoms with Crippen LogP contribution in [0.5, 0.6) is 0 Å². The Bertz CT molecular complexity index is 431. The molecule has 0 amide bonds. The number of rotatable bonds is 4. The van der Waals surface area contributed by atoms with Gasteiger partial charge in [0.15, 0.2) is 0 Å². The molecule has 0 unspecified atom stereocenters. The number of hydrazine groups is 1. The zero-order chi connectivity index (χ0) is 13.0. The molecule has 0 bridgehead atoms. The van der Waals surface area contributed by atoms with Crippen LogP contribution in [0.4, 0.5) is 5.69 Å². The molecule has 0 atom stereocenters. The van der Waals surface area contributed by atoms with Gasteiger partial charge in [-0.1, -0.05) is 12.1 Å². The second kappa shape index (κ2) is 5.90. The number of hydrogen-bond donors (Lipinski definition) is 1. The summed E-state index contributed by atoms with van der Waals surface area (Å²) in [5.74, 6) is 0. The minimum absolute atomic E-state index is 0.177. The maximum absolute atomic E-state index is 10.8. The first-order valence-corrected chi connectivity index (χ1v) is 5.97. The zero-order valence-corrected chi connectivity index (χ0v) is 10.4. The van der Waals surface area contributed by atoms with Gasteiger partial charge in [-0.2, -0.15) is 0 Å². The molecule has 1 aliphatic heterocycles. The molecule has 1 aromatic carbocycles. The number of benzene rings is 1. The predicted molar refractivity (Wildman–Crippen MR) is 67.1 cm³/mol. The minimum atomic E-state index is -0.340. The molecule has 98 valence electrons. The smallest absolute Gasteiger partial charge is 0.272 e. The molecule has 1 aliphatic rings. The molecule has 2 rings (SSSR count). The van der Waals surface area contributed by atoms with Gasteiger partial charge in [0, 0.05) is 31.3 Å². The van der Waals surface area contributed by atoms with Crippen LogP contribution in [-0.4, -0.2) is 36.2 Å². The van der Waals surface area contributed by atoms with E-state index in [1.165, 1.54) is 0 Å². The summed E-state index contributed by atoms with van der Waals surface area (Å²) in [7, 11) is 0. The molecule has 18 heavy (non-hydrogen) atoms. The maximum atomic E-state index is 10.8. The van der Waals surface area contributed by atoms with Gasteiger partial charge in [0.2, 0.25) is 0 Å². The number of aryl methyl sites for hydroxylation is 1. The molecular formula is C12H17N3O3. The molecule has 0 saturated carbocycles. The third-order valence-corrected chi connectivity index (χ3v) is 2.99. The summed E-state index contributed by atoms with van der Waals surface area (Å²) in [5.41, 5.74) is 5.04. The number of ether oxygens (including phenoxy) is 1. The molecule has 0 aromatic heterocycles. The Morgan fingerprint density at radius 1 is 1.44 bits per heavy atom. The lowest BCUT2D eigenvalue weighted by atomic mass is 10.1. The zero-order valence-electron chi connectivity index (χ0n) is 10.4. The van der Waals surface area contributed by atoms with Crippen molar-refractivity contribution in [1.29, 1.82) is 0 Å². The highest BCUT2D eigenvalue weighted by Gasteiger charge is 2.12. The van der Waals surface area contributed by atoms with Crippen LogP contribution in [0.3, 0.4) is 0 Å². The van der Waals surface area contributed by atoms with Gasteiger partial charge < -0.3 is 4.74 Å². The number of nitro benzene ring substituents is 1. The van der Waals surface area contributed by atoms with Gasteiger partial charge in [0.1, 0.15) is 0 Å². The van der Waals surface area contributed by atoms with Crippen molar-refractivity contribution in [1.82, 2.24) is 10.4 Å². The van der Waals surface area contributed by atoms with E-state index in [0.29, 0.717) is 12.1 Å². The maximum Gasteiger partial charge on any atom is 0.272 e. The number of hydrogen-bond acceptors (Lipinski definition) is 5. The lowest BCUT2D eigenvalue weighted by molar-refractivity contribution is -0.385. The third-order valence-electron chi connectivity index (χ3n) is 2.99. The van der Waals surface area contributed by atoms with Crippen LogP contribution in [0.25, 0.3) is 0 Å². The molecule has 6 nitrogen and oxygen atoms in total. The summed E-state index contributed by atoms with van der Waals surface area (Å²) in [6.45, 7) is 5.47. The summed E-state index contributed by atoms with van der Waals surface area (Å²) in [4.78, 5) is 10.5. The summed E-state index contributed by atoms with van der Waals surface area (Å²) in [6, 6.07) is 5.33. The fraction of sp³-hybridized carbons (Fsp3) is 0.500. The number of nitrogens with one attached hydrogen (secondary N) is 1. The molecule has 0 aliphatic carbocycles. The summed E-state index contributed by atoms with van der Waals surface area (Å²) < 4.78 is 5.25. The molecule has 1 fully saturated rings. The van der Waals surface area contributed by atoms with Crippen molar-refractivity contribution >= 4 is 5.69 Å². The van der Waals surface area contributed by atoms with Crippen LogP contribution in [-0.2, 0) is 11.3 Å². The standard InChI is InChI=1S/C12H17N3O3/c1-10-2-3-11(8-12(10)15(16)17)9-13-14-4-6-18-7-5-14/h2-3,8,13H,4-7,9H2,1H3. The van der Waals surface area contributed by atoms with Crippen molar-refractivity contribution < 1.29 is 9.66 Å². The fourth-order valence-corrected chi connectivity index (χ4v) is 1.89. The highest BCUT2D eigenvalue weighted by Crippen LogP contribution is 2.19. The van der Waals surface area contributed by atoms with Crippen LogP contribution in [0, 0.1) is 17.0 Å². The van der Waals surface area contributed by atoms with Crippen LogP contribution in [0.15, 0.2) is 18.2 Å². The van der Waals surface area contributed by atoms with Crippen molar-refractivity contribution in [2.24, 2.45) is 0 Å². The van der Waals surface area contributed by atoms with E-state index in [-0.39, 0.29) is 10.6 Å². The molecule has 0 spiro atoms. The monoisotopic (exact) mass is 251 g/mol. The quantitative estimate of drug-likeness (QED) is 0.644. The van der Waals surface area contributed by atoms with E-state index < -0.39 is 0 Å². The third kappa shape index (κ3) is 3.25. The van der Waals surface area contributed by atoms with E-state index in [1.54, 1.807) is 19.1 Å². The summed E-state index contributed by atoms with van der Waals surface area (Å²) >= 11 is 0. The van der Waals surface area contributed by atoms with E-state index in [2.05, 4.69) is 10.4 Å². The average Bonchev–Trinajstić information content (AvgIpc) is 2.38. The summed E-state index contributed by atoms with van der Waals surface area (Å²) in [5, 5.41) is 12.9. The van der Waals surface area contributed by atoms with Gasteiger partial charge in [0.25, 0.3) is 5.69 Å². The topological polar surface area (TPSA) is 67.6 Å². The van der Waals surface area contributed by atoms with Gasteiger partial charge >= 0.3 is 0 Å². The highest BCUT2D eigenvalue weighted by atomic mass is 16.6. The van der Waals surface area contributed by atoms with E-state index in [9.17, 15) is 10.1 Å². The fourth-order valence-electron chi connectivity index (χ4n) is 1.89. The Morgan fingerprint density at radius 2 is 2.17 bits per heavy atom. The van der Waals surface area contributed by atoms with E-state index in [0.717, 1.165) is 31.9 Å². The normalized spacial score (nSPS) is 16.7. The average molecular weight is 251 g/mol. The van der Waals surface area contributed by atoms with E-state index >= 15 is 0 Å². The van der Waals surface area contributed by atoms with E-state index in [4.69, 9.17) is 4.74 Å². The van der Waals surface area contributed by atoms with Crippen molar-refractivity contribution in [3.63, 3.8) is 0 Å². The molecule has 1 aromatic rings. The molecule has 6 heteroatoms. The number of nitrogens with zero attached hydrogens (tertiary/aromatic N) is 2. The van der Waals surface area contributed by atoms with Crippen LogP contribution in [0.2, 0.25) is 0 Å². The first-order valence-electron chi connectivity index (χ1n) is 5.97. The Balaban J connectivity index is 1.96. The second-order valence-electron chi connectivity index (χ2n) is 4.31.